The van der Waals surface area contributed by atoms with Gasteiger partial charge in [-0.05, 0) is 54.4 Å². The van der Waals surface area contributed by atoms with Gasteiger partial charge >= 0.3 is 0 Å². The maximum Gasteiger partial charge on any atom is 0.252 e. The first-order valence-corrected chi connectivity index (χ1v) is 10.6. The van der Waals surface area contributed by atoms with Crippen LogP contribution in [0.2, 0.25) is 0 Å². The highest BCUT2D eigenvalue weighted by Crippen LogP contribution is 2.20. The van der Waals surface area contributed by atoms with Crippen LogP contribution in [0.25, 0.3) is 5.69 Å². The summed E-state index contributed by atoms with van der Waals surface area (Å²) >= 11 is 0. The minimum absolute atomic E-state index is 0.158. The van der Waals surface area contributed by atoms with Crippen LogP contribution >= 0.6 is 0 Å². The quantitative estimate of drug-likeness (QED) is 0.418. The van der Waals surface area contributed by atoms with Crippen LogP contribution in [0.5, 0.6) is 5.75 Å². The van der Waals surface area contributed by atoms with Gasteiger partial charge in [-0.2, -0.15) is 0 Å². The molecule has 1 heterocycles. The number of ether oxygens (including phenoxy) is 1. The monoisotopic (exact) mass is 458 g/mol. The van der Waals surface area contributed by atoms with Crippen LogP contribution in [-0.4, -0.2) is 21.4 Å². The first-order valence-electron chi connectivity index (χ1n) is 10.6. The van der Waals surface area contributed by atoms with Gasteiger partial charge in [0, 0.05) is 24.5 Å². The van der Waals surface area contributed by atoms with Crippen molar-refractivity contribution in [2.24, 2.45) is 5.73 Å². The Labute approximate surface area is 196 Å². The fourth-order valence-electron chi connectivity index (χ4n) is 3.53. The van der Waals surface area contributed by atoms with Crippen molar-refractivity contribution >= 4 is 11.8 Å². The van der Waals surface area contributed by atoms with E-state index in [1.807, 2.05) is 6.07 Å². The second-order valence-corrected chi connectivity index (χ2v) is 7.66. The molecule has 4 rings (SSSR count). The number of amides is 2. The van der Waals surface area contributed by atoms with Crippen molar-refractivity contribution in [3.8, 4) is 11.4 Å². The molecule has 0 saturated carbocycles. The number of carbonyl (C=O) groups excluding carboxylic acids is 2. The number of nitrogens with two attached hydrogens (primary N) is 1. The Morgan fingerprint density at radius 3 is 2.62 bits per heavy atom. The largest absolute Gasteiger partial charge is 0.488 e. The number of hydrogen-bond acceptors (Lipinski definition) is 4. The summed E-state index contributed by atoms with van der Waals surface area (Å²) in [5.74, 6) is -0.214. The van der Waals surface area contributed by atoms with E-state index in [-0.39, 0.29) is 24.6 Å². The third-order valence-electron chi connectivity index (χ3n) is 5.29. The Hall–Kier alpha value is -4.46. The molecule has 7 nitrogen and oxygen atoms in total. The van der Waals surface area contributed by atoms with Crippen molar-refractivity contribution in [2.45, 2.75) is 20.1 Å². The maximum atomic E-state index is 14.6. The lowest BCUT2D eigenvalue weighted by molar-refractivity contribution is 0.0949. The van der Waals surface area contributed by atoms with Gasteiger partial charge in [-0.1, -0.05) is 30.3 Å². The van der Waals surface area contributed by atoms with Crippen LogP contribution in [0.3, 0.4) is 0 Å². The van der Waals surface area contributed by atoms with Gasteiger partial charge in [-0.3, -0.25) is 9.59 Å². The lowest BCUT2D eigenvalue weighted by Gasteiger charge is -2.11. The first kappa shape index (κ1) is 22.7. The molecule has 0 aliphatic rings. The van der Waals surface area contributed by atoms with Crippen molar-refractivity contribution in [2.75, 3.05) is 0 Å². The first-order chi connectivity index (χ1) is 16.4. The van der Waals surface area contributed by atoms with E-state index in [9.17, 15) is 14.0 Å². The minimum atomic E-state index is -0.576. The summed E-state index contributed by atoms with van der Waals surface area (Å²) in [6.07, 6.45) is 3.30. The molecule has 1 aromatic heterocycles. The van der Waals surface area contributed by atoms with E-state index in [0.717, 1.165) is 5.56 Å². The van der Waals surface area contributed by atoms with E-state index in [1.54, 1.807) is 78.5 Å². The summed E-state index contributed by atoms with van der Waals surface area (Å²) in [7, 11) is 0. The lowest BCUT2D eigenvalue weighted by Crippen LogP contribution is -2.23. The number of aryl methyl sites for hydroxylation is 1. The molecule has 8 heteroatoms. The van der Waals surface area contributed by atoms with Crippen molar-refractivity contribution < 1.29 is 18.7 Å². The Kier molecular flexibility index (Phi) is 6.68. The average Bonchev–Trinajstić information content (AvgIpc) is 3.27. The van der Waals surface area contributed by atoms with Gasteiger partial charge in [0.25, 0.3) is 11.8 Å². The molecule has 0 spiro atoms. The molecule has 0 saturated heterocycles. The fourth-order valence-corrected chi connectivity index (χ4v) is 3.53. The predicted molar refractivity (Wildman–Crippen MR) is 125 cm³/mol. The number of primary amides is 1. The lowest BCUT2D eigenvalue weighted by atomic mass is 10.1. The van der Waals surface area contributed by atoms with Crippen LogP contribution in [0.15, 0.2) is 79.1 Å². The van der Waals surface area contributed by atoms with Crippen LogP contribution in [0.1, 0.15) is 37.7 Å². The van der Waals surface area contributed by atoms with E-state index in [4.69, 9.17) is 10.5 Å². The molecule has 0 aliphatic heterocycles. The Balaban J connectivity index is 1.39. The zero-order valence-corrected chi connectivity index (χ0v) is 18.5. The number of carbonyl (C=O) groups is 2. The zero-order valence-electron chi connectivity index (χ0n) is 18.5. The number of hydrogen-bond donors (Lipinski definition) is 2. The van der Waals surface area contributed by atoms with Gasteiger partial charge in [0.05, 0.1) is 11.3 Å². The van der Waals surface area contributed by atoms with Crippen LogP contribution in [-0.2, 0) is 13.2 Å². The maximum absolute atomic E-state index is 14.6. The molecule has 0 radical (unpaired) electrons. The van der Waals surface area contributed by atoms with Gasteiger partial charge in [0.15, 0.2) is 0 Å². The number of halogens is 1. The molecule has 3 aromatic carbocycles. The molecule has 0 bridgehead atoms. The molecular formula is C26H23FN4O3. The molecule has 4 aromatic rings. The molecule has 0 aliphatic carbocycles. The highest BCUT2D eigenvalue weighted by Gasteiger charge is 2.12. The number of nitrogens with zero attached hydrogens (tertiary/aromatic N) is 2. The van der Waals surface area contributed by atoms with Crippen LogP contribution in [0.4, 0.5) is 4.39 Å². The molecule has 0 fully saturated rings. The molecule has 34 heavy (non-hydrogen) atoms. The van der Waals surface area contributed by atoms with Gasteiger partial charge in [0.2, 0.25) is 0 Å². The SMILES string of the molecule is Cc1nccn1-c1ccc(CNC(=O)c2cccc(COc3ccccc3C(N)=O)c2)cc1F. The molecule has 0 atom stereocenters. The number of para-hydroxylation sites is 1. The smallest absolute Gasteiger partial charge is 0.252 e. The van der Waals surface area contributed by atoms with Gasteiger partial charge in [-0.25, -0.2) is 9.37 Å². The molecule has 0 unspecified atom stereocenters. The highest BCUT2D eigenvalue weighted by molar-refractivity contribution is 5.95. The molecule has 172 valence electrons. The van der Waals surface area contributed by atoms with Crippen molar-refractivity contribution in [3.05, 3.63) is 113 Å². The molecular weight excluding hydrogens is 435 g/mol. The van der Waals surface area contributed by atoms with Crippen molar-refractivity contribution in [1.29, 1.82) is 0 Å². The minimum Gasteiger partial charge on any atom is -0.488 e. The van der Waals surface area contributed by atoms with Crippen molar-refractivity contribution in [1.82, 2.24) is 14.9 Å². The van der Waals surface area contributed by atoms with Gasteiger partial charge < -0.3 is 20.4 Å². The van der Waals surface area contributed by atoms with Gasteiger partial charge in [0.1, 0.15) is 24.0 Å². The van der Waals surface area contributed by atoms with E-state index in [2.05, 4.69) is 10.3 Å². The normalized spacial score (nSPS) is 10.6. The highest BCUT2D eigenvalue weighted by atomic mass is 19.1. The molecule has 3 N–H and O–H groups in total. The number of nitrogens with one attached hydrogen (secondary N) is 1. The third-order valence-corrected chi connectivity index (χ3v) is 5.29. The second-order valence-electron chi connectivity index (χ2n) is 7.66. The summed E-state index contributed by atoms with van der Waals surface area (Å²) < 4.78 is 22.0. The zero-order chi connectivity index (χ0) is 24.1. The summed E-state index contributed by atoms with van der Waals surface area (Å²) in [5, 5.41) is 2.81. The number of aromatic nitrogens is 2. The average molecular weight is 458 g/mol. The number of imidazole rings is 1. The Morgan fingerprint density at radius 2 is 1.88 bits per heavy atom. The van der Waals surface area contributed by atoms with Crippen LogP contribution in [0, 0.1) is 12.7 Å². The van der Waals surface area contributed by atoms with Gasteiger partial charge in [-0.15, -0.1) is 0 Å². The standard InChI is InChI=1S/C26H23FN4O3/c1-17-29-11-12-31(17)23-10-9-18(14-22(23)27)15-30-26(33)20-6-4-5-19(13-20)16-34-24-8-3-2-7-21(24)25(28)32/h2-14H,15-16H2,1H3,(H2,28,32)(H,30,33). The van der Waals surface area contributed by atoms with E-state index >= 15 is 0 Å². The number of benzene rings is 3. The van der Waals surface area contributed by atoms with E-state index in [0.29, 0.717) is 28.4 Å². The Morgan fingerprint density at radius 1 is 1.06 bits per heavy atom. The third kappa shape index (κ3) is 5.12. The van der Waals surface area contributed by atoms with Crippen molar-refractivity contribution in [3.63, 3.8) is 0 Å². The Bertz CT molecular complexity index is 1350. The van der Waals surface area contributed by atoms with E-state index < -0.39 is 11.7 Å². The number of rotatable bonds is 8. The summed E-state index contributed by atoms with van der Waals surface area (Å²) in [6.45, 7) is 2.13. The predicted octanol–water partition coefficient (Wildman–Crippen LogP) is 3.93. The summed E-state index contributed by atoms with van der Waals surface area (Å²) in [6, 6.07) is 18.5. The molecule has 2 amide bonds. The summed E-state index contributed by atoms with van der Waals surface area (Å²) in [4.78, 5) is 28.3. The summed E-state index contributed by atoms with van der Waals surface area (Å²) in [5.41, 5.74) is 7.89. The topological polar surface area (TPSA) is 99.2 Å². The fraction of sp³-hybridized carbons (Fsp3) is 0.115. The van der Waals surface area contributed by atoms with Crippen LogP contribution < -0.4 is 15.8 Å². The second kappa shape index (κ2) is 9.99. The van der Waals surface area contributed by atoms with E-state index in [1.165, 1.54) is 6.07 Å².